The van der Waals surface area contributed by atoms with Crippen LogP contribution in [0.1, 0.15) is 20.7 Å². The van der Waals surface area contributed by atoms with E-state index in [2.05, 4.69) is 10.6 Å². The molecule has 6 heteroatoms. The van der Waals surface area contributed by atoms with Gasteiger partial charge in [-0.2, -0.15) is 0 Å². The van der Waals surface area contributed by atoms with Crippen molar-refractivity contribution in [3.63, 3.8) is 0 Å². The van der Waals surface area contributed by atoms with Crippen molar-refractivity contribution in [3.05, 3.63) is 29.3 Å². The highest BCUT2D eigenvalue weighted by molar-refractivity contribution is 6.23. The van der Waals surface area contributed by atoms with E-state index in [1.807, 2.05) is 0 Å². The zero-order valence-corrected chi connectivity index (χ0v) is 8.24. The highest BCUT2D eigenvalue weighted by Gasteiger charge is 2.29. The molecule has 0 fully saturated rings. The Bertz CT molecular complexity index is 496. The van der Waals surface area contributed by atoms with Crippen LogP contribution in [0.5, 0.6) is 0 Å². The molecule has 0 unspecified atom stereocenters. The third kappa shape index (κ3) is 1.60. The molecule has 0 aromatic heterocycles. The summed E-state index contributed by atoms with van der Waals surface area (Å²) in [6, 6.07) is 4.78. The smallest absolute Gasteiger partial charge is 0.261 e. The van der Waals surface area contributed by atoms with E-state index in [9.17, 15) is 14.4 Å². The number of rotatable bonds is 3. The van der Waals surface area contributed by atoms with Gasteiger partial charge in [-0.15, -0.1) is 0 Å². The van der Waals surface area contributed by atoms with Crippen molar-refractivity contribution in [2.24, 2.45) is 5.73 Å². The zero-order valence-electron chi connectivity index (χ0n) is 8.24. The first-order valence-electron chi connectivity index (χ1n) is 4.60. The molecule has 1 aromatic carbocycles. The largest absolute Gasteiger partial charge is 0.375 e. The van der Waals surface area contributed by atoms with Gasteiger partial charge in [0, 0.05) is 5.69 Å². The summed E-state index contributed by atoms with van der Waals surface area (Å²) in [5, 5.41) is 4.88. The predicted molar refractivity (Wildman–Crippen MR) is 55.9 cm³/mol. The molecule has 4 N–H and O–H groups in total. The van der Waals surface area contributed by atoms with Crippen LogP contribution < -0.4 is 16.4 Å². The van der Waals surface area contributed by atoms with Crippen LogP contribution in [0.3, 0.4) is 0 Å². The van der Waals surface area contributed by atoms with Gasteiger partial charge in [-0.1, -0.05) is 6.07 Å². The Hall–Kier alpha value is -2.37. The lowest BCUT2D eigenvalue weighted by molar-refractivity contribution is -0.116. The first-order chi connectivity index (χ1) is 7.59. The van der Waals surface area contributed by atoms with E-state index in [4.69, 9.17) is 5.73 Å². The number of nitrogens with one attached hydrogen (secondary N) is 2. The number of anilines is 1. The number of amides is 3. The molecular weight excluding hydrogens is 210 g/mol. The fourth-order valence-electron chi connectivity index (χ4n) is 1.55. The van der Waals surface area contributed by atoms with E-state index < -0.39 is 17.7 Å². The monoisotopic (exact) mass is 219 g/mol. The molecular formula is C10H9N3O3. The zero-order chi connectivity index (χ0) is 11.7. The Morgan fingerprint density at radius 1 is 1.31 bits per heavy atom. The van der Waals surface area contributed by atoms with Crippen LogP contribution in [0.25, 0.3) is 0 Å². The summed E-state index contributed by atoms with van der Waals surface area (Å²) in [6.07, 6.45) is 0. The van der Waals surface area contributed by atoms with Crippen LogP contribution in [0.15, 0.2) is 18.2 Å². The molecule has 3 amide bonds. The van der Waals surface area contributed by atoms with Gasteiger partial charge in [0.2, 0.25) is 5.91 Å². The van der Waals surface area contributed by atoms with E-state index in [0.717, 1.165) is 0 Å². The van der Waals surface area contributed by atoms with Gasteiger partial charge in [-0.25, -0.2) is 0 Å². The SMILES string of the molecule is NC(=O)CNc1cccc2c1C(=O)NC2=O. The minimum atomic E-state index is -0.540. The van der Waals surface area contributed by atoms with E-state index in [-0.39, 0.29) is 12.1 Å². The number of benzene rings is 1. The van der Waals surface area contributed by atoms with Gasteiger partial charge in [0.05, 0.1) is 17.7 Å². The molecule has 1 heterocycles. The van der Waals surface area contributed by atoms with E-state index in [1.165, 1.54) is 0 Å². The third-order valence-electron chi connectivity index (χ3n) is 2.22. The molecule has 82 valence electrons. The van der Waals surface area contributed by atoms with Crippen molar-refractivity contribution >= 4 is 23.4 Å². The molecule has 2 rings (SSSR count). The Labute approximate surface area is 90.8 Å². The molecule has 0 aliphatic carbocycles. The molecule has 0 bridgehead atoms. The summed E-state index contributed by atoms with van der Waals surface area (Å²) in [4.78, 5) is 33.4. The third-order valence-corrected chi connectivity index (χ3v) is 2.22. The van der Waals surface area contributed by atoms with Crippen molar-refractivity contribution in [2.75, 3.05) is 11.9 Å². The topological polar surface area (TPSA) is 101 Å². The maximum atomic E-state index is 11.5. The maximum Gasteiger partial charge on any atom is 0.261 e. The van der Waals surface area contributed by atoms with Crippen molar-refractivity contribution in [1.29, 1.82) is 0 Å². The van der Waals surface area contributed by atoms with Crippen LogP contribution in [0, 0.1) is 0 Å². The number of imide groups is 1. The molecule has 0 saturated carbocycles. The normalized spacial score (nSPS) is 13.2. The first kappa shape index (κ1) is 10.2. The van der Waals surface area contributed by atoms with Crippen LogP contribution in [-0.2, 0) is 4.79 Å². The van der Waals surface area contributed by atoms with Crippen molar-refractivity contribution < 1.29 is 14.4 Å². The average Bonchev–Trinajstić information content (AvgIpc) is 2.52. The average molecular weight is 219 g/mol. The predicted octanol–water partition coefficient (Wildman–Crippen LogP) is -0.533. The van der Waals surface area contributed by atoms with Gasteiger partial charge < -0.3 is 11.1 Å². The second-order valence-electron chi connectivity index (χ2n) is 3.33. The second kappa shape index (κ2) is 3.65. The number of carbonyl (C=O) groups is 3. The minimum absolute atomic E-state index is 0.0854. The fraction of sp³-hybridized carbons (Fsp3) is 0.100. The van der Waals surface area contributed by atoms with E-state index in [0.29, 0.717) is 11.3 Å². The molecule has 1 aromatic rings. The molecule has 0 atom stereocenters. The summed E-state index contributed by atoms with van der Waals surface area (Å²) in [5.41, 5.74) is 5.97. The minimum Gasteiger partial charge on any atom is -0.375 e. The van der Waals surface area contributed by atoms with Crippen molar-refractivity contribution in [2.45, 2.75) is 0 Å². The summed E-state index contributed by atoms with van der Waals surface area (Å²) in [5.74, 6) is -1.43. The number of hydrogen-bond acceptors (Lipinski definition) is 4. The van der Waals surface area contributed by atoms with Crippen LogP contribution >= 0.6 is 0 Å². The highest BCUT2D eigenvalue weighted by atomic mass is 16.2. The molecule has 0 radical (unpaired) electrons. The molecule has 16 heavy (non-hydrogen) atoms. The van der Waals surface area contributed by atoms with Crippen molar-refractivity contribution in [1.82, 2.24) is 5.32 Å². The summed E-state index contributed by atoms with van der Waals surface area (Å²) in [6.45, 7) is -0.0854. The standard InChI is InChI=1S/C10H9N3O3/c11-7(14)4-12-6-3-1-2-5-8(6)10(16)13-9(5)15/h1-3,12H,4H2,(H2,11,14)(H,13,15,16). The lowest BCUT2D eigenvalue weighted by atomic mass is 10.1. The highest BCUT2D eigenvalue weighted by Crippen LogP contribution is 2.23. The molecule has 0 spiro atoms. The fourth-order valence-corrected chi connectivity index (χ4v) is 1.55. The van der Waals surface area contributed by atoms with Gasteiger partial charge in [-0.3, -0.25) is 19.7 Å². The molecule has 0 saturated heterocycles. The van der Waals surface area contributed by atoms with Gasteiger partial charge in [0.1, 0.15) is 0 Å². The number of fused-ring (bicyclic) bond motifs is 1. The Kier molecular flexibility index (Phi) is 2.32. The second-order valence-corrected chi connectivity index (χ2v) is 3.33. The number of primary amides is 1. The van der Waals surface area contributed by atoms with Crippen LogP contribution in [0.2, 0.25) is 0 Å². The number of nitrogens with two attached hydrogens (primary N) is 1. The van der Waals surface area contributed by atoms with Gasteiger partial charge in [0.15, 0.2) is 0 Å². The first-order valence-corrected chi connectivity index (χ1v) is 4.60. The van der Waals surface area contributed by atoms with Gasteiger partial charge in [0.25, 0.3) is 11.8 Å². The molecule has 1 aliphatic heterocycles. The number of carbonyl (C=O) groups excluding carboxylic acids is 3. The summed E-state index contributed by atoms with van der Waals surface area (Å²) >= 11 is 0. The number of hydrogen-bond donors (Lipinski definition) is 3. The van der Waals surface area contributed by atoms with Gasteiger partial charge >= 0.3 is 0 Å². The summed E-state index contributed by atoms with van der Waals surface area (Å²) in [7, 11) is 0. The lowest BCUT2D eigenvalue weighted by Gasteiger charge is -2.06. The van der Waals surface area contributed by atoms with Crippen LogP contribution in [0.4, 0.5) is 5.69 Å². The van der Waals surface area contributed by atoms with E-state index >= 15 is 0 Å². The molecule has 1 aliphatic rings. The van der Waals surface area contributed by atoms with Crippen molar-refractivity contribution in [3.8, 4) is 0 Å². The Balaban J connectivity index is 2.37. The van der Waals surface area contributed by atoms with Gasteiger partial charge in [-0.05, 0) is 12.1 Å². The Morgan fingerprint density at radius 3 is 2.75 bits per heavy atom. The lowest BCUT2D eigenvalue weighted by Crippen LogP contribution is -2.23. The molecule has 6 nitrogen and oxygen atoms in total. The maximum absolute atomic E-state index is 11.5. The Morgan fingerprint density at radius 2 is 2.06 bits per heavy atom. The summed E-state index contributed by atoms with van der Waals surface area (Å²) < 4.78 is 0. The van der Waals surface area contributed by atoms with E-state index in [1.54, 1.807) is 18.2 Å². The van der Waals surface area contributed by atoms with Crippen LogP contribution in [-0.4, -0.2) is 24.3 Å². The quantitative estimate of drug-likeness (QED) is 0.594.